The zero-order valence-electron chi connectivity index (χ0n) is 13.5. The molecule has 0 fully saturated rings. The molecule has 3 nitrogen and oxygen atoms in total. The zero-order valence-corrected chi connectivity index (χ0v) is 14.2. The Balaban J connectivity index is 1.83. The molecule has 0 aliphatic carbocycles. The van der Waals surface area contributed by atoms with Gasteiger partial charge in [0.15, 0.2) is 0 Å². The molecule has 0 atom stereocenters. The van der Waals surface area contributed by atoms with Crippen LogP contribution in [-0.4, -0.2) is 18.3 Å². The highest BCUT2D eigenvalue weighted by molar-refractivity contribution is 6.32. The molecule has 0 saturated heterocycles. The Morgan fingerprint density at radius 2 is 1.67 bits per heavy atom. The van der Waals surface area contributed by atoms with Crippen LogP contribution in [0, 0.1) is 0 Å². The predicted octanol–water partition coefficient (Wildman–Crippen LogP) is 5.22. The molecule has 0 unspecified atom stereocenters. The third-order valence-electron chi connectivity index (χ3n) is 3.72. The summed E-state index contributed by atoms with van der Waals surface area (Å²) in [7, 11) is 0. The van der Waals surface area contributed by atoms with Gasteiger partial charge in [0.05, 0.1) is 11.6 Å². The van der Waals surface area contributed by atoms with E-state index < -0.39 is 0 Å². The quantitative estimate of drug-likeness (QED) is 0.667. The lowest BCUT2D eigenvalue weighted by Crippen LogP contribution is -1.92. The minimum Gasteiger partial charge on any atom is -0.494 e. The molecule has 0 saturated carbocycles. The Morgan fingerprint density at radius 3 is 2.42 bits per heavy atom. The van der Waals surface area contributed by atoms with Crippen molar-refractivity contribution >= 4 is 22.4 Å². The van der Waals surface area contributed by atoms with Gasteiger partial charge in [-0.1, -0.05) is 35.9 Å². The molecule has 3 aromatic rings. The van der Waals surface area contributed by atoms with Crippen molar-refractivity contribution in [1.82, 2.24) is 0 Å². The fraction of sp³-hybridized carbons (Fsp3) is 0.200. The largest absolute Gasteiger partial charge is 0.494 e. The average molecular weight is 343 g/mol. The number of hydrogen-bond donors (Lipinski definition) is 1. The average Bonchev–Trinajstić information content (AvgIpc) is 2.58. The van der Waals surface area contributed by atoms with Crippen LogP contribution in [0.25, 0.3) is 10.8 Å². The molecule has 0 aliphatic rings. The third-order valence-corrected chi connectivity index (χ3v) is 4.01. The first-order valence-electron chi connectivity index (χ1n) is 7.93. The molecule has 1 N–H and O–H groups in total. The molecule has 0 aliphatic heterocycles. The SMILES string of the molecule is CCOc1ccc(Oc2ccc3cc(CCO)ccc3c2)c(Cl)c1. The van der Waals surface area contributed by atoms with Gasteiger partial charge in [-0.25, -0.2) is 0 Å². The number of benzene rings is 3. The summed E-state index contributed by atoms with van der Waals surface area (Å²) < 4.78 is 11.3. The van der Waals surface area contributed by atoms with Crippen LogP contribution < -0.4 is 9.47 Å². The van der Waals surface area contributed by atoms with Crippen molar-refractivity contribution in [3.8, 4) is 17.2 Å². The second-order valence-corrected chi connectivity index (χ2v) is 5.85. The Hall–Kier alpha value is -2.23. The summed E-state index contributed by atoms with van der Waals surface area (Å²) in [5.74, 6) is 2.05. The maximum absolute atomic E-state index is 9.04. The van der Waals surface area contributed by atoms with Crippen LogP contribution in [0.1, 0.15) is 12.5 Å². The Kier molecular flexibility index (Phi) is 5.24. The van der Waals surface area contributed by atoms with Crippen molar-refractivity contribution in [2.75, 3.05) is 13.2 Å². The van der Waals surface area contributed by atoms with Gasteiger partial charge in [-0.2, -0.15) is 0 Å². The Labute approximate surface area is 146 Å². The van der Waals surface area contributed by atoms with Crippen LogP contribution in [0.4, 0.5) is 0 Å². The number of ether oxygens (including phenoxy) is 2. The third kappa shape index (κ3) is 3.81. The van der Waals surface area contributed by atoms with E-state index in [2.05, 4.69) is 6.07 Å². The predicted molar refractivity (Wildman–Crippen MR) is 97.4 cm³/mol. The molecule has 0 radical (unpaired) electrons. The van der Waals surface area contributed by atoms with E-state index in [-0.39, 0.29) is 6.61 Å². The molecule has 0 amide bonds. The van der Waals surface area contributed by atoms with Gasteiger partial charge in [0, 0.05) is 12.7 Å². The number of hydrogen-bond acceptors (Lipinski definition) is 3. The van der Waals surface area contributed by atoms with Crippen molar-refractivity contribution in [1.29, 1.82) is 0 Å². The minimum atomic E-state index is 0.156. The smallest absolute Gasteiger partial charge is 0.146 e. The molecule has 24 heavy (non-hydrogen) atoms. The molecule has 3 aromatic carbocycles. The van der Waals surface area contributed by atoms with Crippen molar-refractivity contribution < 1.29 is 14.6 Å². The standard InChI is InChI=1S/C20H19ClO3/c1-2-23-17-7-8-20(19(21)13-17)24-18-6-5-15-11-14(9-10-22)3-4-16(15)12-18/h3-8,11-13,22H,2,9-10H2,1H3. The summed E-state index contributed by atoms with van der Waals surface area (Å²) in [4.78, 5) is 0. The normalized spacial score (nSPS) is 10.8. The molecule has 0 heterocycles. The van der Waals surface area contributed by atoms with Gasteiger partial charge in [-0.05, 0) is 53.9 Å². The van der Waals surface area contributed by atoms with Crippen molar-refractivity contribution in [3.05, 3.63) is 65.2 Å². The van der Waals surface area contributed by atoms with E-state index in [1.54, 1.807) is 6.07 Å². The van der Waals surface area contributed by atoms with Gasteiger partial charge >= 0.3 is 0 Å². The van der Waals surface area contributed by atoms with Crippen LogP contribution in [0.5, 0.6) is 17.2 Å². The first-order chi connectivity index (χ1) is 11.7. The number of fused-ring (bicyclic) bond motifs is 1. The molecule has 4 heteroatoms. The summed E-state index contributed by atoms with van der Waals surface area (Å²) in [6.07, 6.45) is 0.663. The van der Waals surface area contributed by atoms with Crippen LogP contribution in [0.15, 0.2) is 54.6 Å². The van der Waals surface area contributed by atoms with E-state index in [0.29, 0.717) is 23.8 Å². The lowest BCUT2D eigenvalue weighted by molar-refractivity contribution is 0.299. The maximum atomic E-state index is 9.04. The molecular weight excluding hydrogens is 324 g/mol. The minimum absolute atomic E-state index is 0.156. The highest BCUT2D eigenvalue weighted by Gasteiger charge is 2.06. The topological polar surface area (TPSA) is 38.7 Å². The fourth-order valence-electron chi connectivity index (χ4n) is 2.57. The lowest BCUT2D eigenvalue weighted by atomic mass is 10.1. The van der Waals surface area contributed by atoms with Crippen LogP contribution in [0.3, 0.4) is 0 Å². The maximum Gasteiger partial charge on any atom is 0.146 e. The molecule has 0 aromatic heterocycles. The second kappa shape index (κ2) is 7.56. The van der Waals surface area contributed by atoms with E-state index >= 15 is 0 Å². The van der Waals surface area contributed by atoms with Crippen molar-refractivity contribution in [2.45, 2.75) is 13.3 Å². The van der Waals surface area contributed by atoms with Crippen molar-refractivity contribution in [3.63, 3.8) is 0 Å². The van der Waals surface area contributed by atoms with Gasteiger partial charge in [0.2, 0.25) is 0 Å². The van der Waals surface area contributed by atoms with Crippen LogP contribution in [-0.2, 0) is 6.42 Å². The van der Waals surface area contributed by atoms with Gasteiger partial charge in [0.25, 0.3) is 0 Å². The lowest BCUT2D eigenvalue weighted by Gasteiger charge is -2.11. The molecule has 3 rings (SSSR count). The second-order valence-electron chi connectivity index (χ2n) is 5.44. The summed E-state index contributed by atoms with van der Waals surface area (Å²) in [5.41, 5.74) is 1.12. The molecule has 0 spiro atoms. The van der Waals surface area contributed by atoms with E-state index in [9.17, 15) is 0 Å². The zero-order chi connectivity index (χ0) is 16.9. The molecule has 0 bridgehead atoms. The monoisotopic (exact) mass is 342 g/mol. The summed E-state index contributed by atoms with van der Waals surface area (Å²) in [5, 5.41) is 11.7. The van der Waals surface area contributed by atoms with E-state index in [0.717, 1.165) is 27.8 Å². The highest BCUT2D eigenvalue weighted by atomic mass is 35.5. The number of rotatable bonds is 6. The van der Waals surface area contributed by atoms with Gasteiger partial charge < -0.3 is 14.6 Å². The van der Waals surface area contributed by atoms with Crippen molar-refractivity contribution in [2.24, 2.45) is 0 Å². The van der Waals surface area contributed by atoms with Gasteiger partial charge in [-0.15, -0.1) is 0 Å². The Bertz CT molecular complexity index is 845. The fourth-order valence-corrected chi connectivity index (χ4v) is 2.78. The van der Waals surface area contributed by atoms with E-state index in [1.807, 2.05) is 49.4 Å². The molecule has 124 valence electrons. The van der Waals surface area contributed by atoms with E-state index in [1.165, 1.54) is 0 Å². The van der Waals surface area contributed by atoms with Crippen LogP contribution in [0.2, 0.25) is 5.02 Å². The highest BCUT2D eigenvalue weighted by Crippen LogP contribution is 2.33. The van der Waals surface area contributed by atoms with Crippen LogP contribution >= 0.6 is 11.6 Å². The summed E-state index contributed by atoms with van der Waals surface area (Å²) in [6, 6.07) is 17.4. The van der Waals surface area contributed by atoms with E-state index in [4.69, 9.17) is 26.2 Å². The van der Waals surface area contributed by atoms with Gasteiger partial charge in [-0.3, -0.25) is 0 Å². The molecular formula is C20H19ClO3. The summed E-state index contributed by atoms with van der Waals surface area (Å²) >= 11 is 6.26. The first-order valence-corrected chi connectivity index (χ1v) is 8.31. The van der Waals surface area contributed by atoms with Gasteiger partial charge in [0.1, 0.15) is 17.2 Å². The summed E-state index contributed by atoms with van der Waals surface area (Å²) in [6.45, 7) is 2.68. The number of aliphatic hydroxyl groups excluding tert-OH is 1. The number of halogens is 1. The number of aliphatic hydroxyl groups is 1. The first kappa shape index (κ1) is 16.6. The Morgan fingerprint density at radius 1 is 0.917 bits per heavy atom.